The summed E-state index contributed by atoms with van der Waals surface area (Å²) in [6, 6.07) is 0. The van der Waals surface area contributed by atoms with Gasteiger partial charge < -0.3 is 10.4 Å². The zero-order valence-electron chi connectivity index (χ0n) is 13.3. The van der Waals surface area contributed by atoms with Crippen molar-refractivity contribution < 1.29 is 9.90 Å². The van der Waals surface area contributed by atoms with Crippen molar-refractivity contribution in [1.82, 2.24) is 15.1 Å². The number of carboxylic acids is 1. The average molecular weight is 281 g/mol. The summed E-state index contributed by atoms with van der Waals surface area (Å²) >= 11 is 0. The van der Waals surface area contributed by atoms with Crippen LogP contribution in [0.15, 0.2) is 0 Å². The van der Waals surface area contributed by atoms with E-state index in [1.54, 1.807) is 13.8 Å². The Hall–Kier alpha value is -1.36. The van der Waals surface area contributed by atoms with Crippen molar-refractivity contribution in [3.05, 3.63) is 17.0 Å². The molecule has 0 aliphatic rings. The van der Waals surface area contributed by atoms with E-state index in [1.807, 2.05) is 11.7 Å². The van der Waals surface area contributed by atoms with E-state index in [0.29, 0.717) is 13.0 Å². The molecule has 20 heavy (non-hydrogen) atoms. The van der Waals surface area contributed by atoms with Gasteiger partial charge in [-0.1, -0.05) is 13.8 Å². The number of aromatic nitrogens is 2. The fourth-order valence-electron chi connectivity index (χ4n) is 2.32. The molecule has 0 spiro atoms. The molecule has 114 valence electrons. The van der Waals surface area contributed by atoms with Crippen molar-refractivity contribution in [1.29, 1.82) is 0 Å². The molecule has 1 aromatic heterocycles. The molecule has 0 aliphatic carbocycles. The molecular weight excluding hydrogens is 254 g/mol. The molecule has 0 saturated heterocycles. The van der Waals surface area contributed by atoms with E-state index >= 15 is 0 Å². The van der Waals surface area contributed by atoms with Crippen molar-refractivity contribution in [2.45, 2.75) is 53.5 Å². The summed E-state index contributed by atoms with van der Waals surface area (Å²) in [5.74, 6) is -0.746. The van der Waals surface area contributed by atoms with Gasteiger partial charge in [-0.25, -0.2) is 0 Å². The van der Waals surface area contributed by atoms with E-state index in [9.17, 15) is 4.79 Å². The largest absolute Gasteiger partial charge is 0.481 e. The lowest BCUT2D eigenvalue weighted by molar-refractivity contribution is -0.147. The number of hydrogen-bond donors (Lipinski definition) is 2. The van der Waals surface area contributed by atoms with Crippen LogP contribution in [-0.4, -0.2) is 27.4 Å². The molecule has 0 aromatic carbocycles. The fourth-order valence-corrected chi connectivity index (χ4v) is 2.32. The van der Waals surface area contributed by atoms with E-state index < -0.39 is 11.4 Å². The summed E-state index contributed by atoms with van der Waals surface area (Å²) in [6.07, 6.45) is 2.50. The highest BCUT2D eigenvalue weighted by atomic mass is 16.4. The number of carbonyl (C=O) groups is 1. The summed E-state index contributed by atoms with van der Waals surface area (Å²) in [5.41, 5.74) is 2.98. The van der Waals surface area contributed by atoms with Crippen molar-refractivity contribution in [3.63, 3.8) is 0 Å². The Labute approximate surface area is 121 Å². The molecule has 1 aromatic rings. The number of nitrogens with zero attached hydrogens (tertiary/aromatic N) is 2. The highest BCUT2D eigenvalue weighted by Gasteiger charge is 2.26. The van der Waals surface area contributed by atoms with Gasteiger partial charge in [0, 0.05) is 24.8 Å². The van der Waals surface area contributed by atoms with Crippen LogP contribution >= 0.6 is 0 Å². The number of nitrogens with one attached hydrogen (secondary N) is 1. The van der Waals surface area contributed by atoms with Gasteiger partial charge in [0.1, 0.15) is 0 Å². The van der Waals surface area contributed by atoms with Gasteiger partial charge in [-0.15, -0.1) is 0 Å². The minimum Gasteiger partial charge on any atom is -0.481 e. The Morgan fingerprint density at radius 3 is 2.50 bits per heavy atom. The Balaban J connectivity index is 2.60. The predicted octanol–water partition coefficient (Wildman–Crippen LogP) is 2.14. The van der Waals surface area contributed by atoms with Crippen LogP contribution in [0, 0.1) is 5.41 Å². The van der Waals surface area contributed by atoms with E-state index in [1.165, 1.54) is 11.3 Å². The van der Waals surface area contributed by atoms with Crippen molar-refractivity contribution >= 4 is 5.97 Å². The Morgan fingerprint density at radius 2 is 2.00 bits per heavy atom. The maximum Gasteiger partial charge on any atom is 0.309 e. The standard InChI is InChI=1S/C15H27N3O2/c1-6-12-11(13(7-2)18(5)17-12)10-16-9-8-15(3,4)14(19)20/h16H,6-10H2,1-5H3,(H,19,20). The third-order valence-corrected chi connectivity index (χ3v) is 3.84. The molecule has 0 bridgehead atoms. The zero-order valence-corrected chi connectivity index (χ0v) is 13.3. The Morgan fingerprint density at radius 1 is 1.35 bits per heavy atom. The molecule has 1 rings (SSSR count). The first-order chi connectivity index (χ1) is 9.33. The molecule has 5 nitrogen and oxygen atoms in total. The lowest BCUT2D eigenvalue weighted by Gasteiger charge is -2.19. The Bertz CT molecular complexity index is 464. The van der Waals surface area contributed by atoms with Crippen LogP contribution in [0.1, 0.15) is 51.1 Å². The summed E-state index contributed by atoms with van der Waals surface area (Å²) in [6.45, 7) is 9.22. The van der Waals surface area contributed by atoms with Gasteiger partial charge in [0.05, 0.1) is 11.1 Å². The van der Waals surface area contributed by atoms with Gasteiger partial charge >= 0.3 is 5.97 Å². The van der Waals surface area contributed by atoms with Crippen molar-refractivity contribution in [2.24, 2.45) is 12.5 Å². The number of hydrogen-bond acceptors (Lipinski definition) is 3. The Kier molecular flexibility index (Phi) is 5.74. The van der Waals surface area contributed by atoms with Crippen LogP contribution in [0.25, 0.3) is 0 Å². The quantitative estimate of drug-likeness (QED) is 0.716. The van der Waals surface area contributed by atoms with E-state index in [-0.39, 0.29) is 0 Å². The first-order valence-electron chi connectivity index (χ1n) is 7.31. The molecule has 0 amide bonds. The highest BCUT2D eigenvalue weighted by molar-refractivity contribution is 5.73. The van der Waals surface area contributed by atoms with Crippen molar-refractivity contribution in [3.8, 4) is 0 Å². The van der Waals surface area contributed by atoms with Crippen LogP contribution in [0.4, 0.5) is 0 Å². The second-order valence-corrected chi connectivity index (χ2v) is 5.82. The average Bonchev–Trinajstić information content (AvgIpc) is 2.69. The van der Waals surface area contributed by atoms with Crippen LogP contribution < -0.4 is 5.32 Å². The van der Waals surface area contributed by atoms with Gasteiger partial charge in [-0.2, -0.15) is 5.10 Å². The van der Waals surface area contributed by atoms with Gasteiger partial charge in [0.25, 0.3) is 0 Å². The van der Waals surface area contributed by atoms with E-state index in [2.05, 4.69) is 24.3 Å². The first kappa shape index (κ1) is 16.7. The second kappa shape index (κ2) is 6.88. The SMILES string of the molecule is CCc1nn(C)c(CC)c1CNCCC(C)(C)C(=O)O. The van der Waals surface area contributed by atoms with Gasteiger partial charge in [0.2, 0.25) is 0 Å². The lowest BCUT2D eigenvalue weighted by Crippen LogP contribution is -2.29. The molecule has 5 heteroatoms. The summed E-state index contributed by atoms with van der Waals surface area (Å²) in [5, 5.41) is 17.0. The second-order valence-electron chi connectivity index (χ2n) is 5.82. The lowest BCUT2D eigenvalue weighted by atomic mass is 9.90. The molecule has 0 atom stereocenters. The van der Waals surface area contributed by atoms with Crippen LogP contribution in [0.2, 0.25) is 0 Å². The first-order valence-corrected chi connectivity index (χ1v) is 7.31. The number of aliphatic carboxylic acids is 1. The molecule has 0 radical (unpaired) electrons. The van der Waals surface area contributed by atoms with E-state index in [0.717, 1.165) is 25.1 Å². The smallest absolute Gasteiger partial charge is 0.309 e. The van der Waals surface area contributed by atoms with Gasteiger partial charge in [-0.05, 0) is 39.7 Å². The highest BCUT2D eigenvalue weighted by Crippen LogP contribution is 2.20. The summed E-state index contributed by atoms with van der Waals surface area (Å²) in [7, 11) is 1.98. The van der Waals surface area contributed by atoms with Gasteiger partial charge in [0.15, 0.2) is 0 Å². The normalized spacial score (nSPS) is 11.8. The third-order valence-electron chi connectivity index (χ3n) is 3.84. The van der Waals surface area contributed by atoms with Crippen LogP contribution in [0.5, 0.6) is 0 Å². The van der Waals surface area contributed by atoms with Gasteiger partial charge in [-0.3, -0.25) is 9.48 Å². The number of rotatable bonds is 8. The zero-order chi connectivity index (χ0) is 15.3. The fraction of sp³-hybridized carbons (Fsp3) is 0.733. The minimum absolute atomic E-state index is 0.617. The summed E-state index contributed by atoms with van der Waals surface area (Å²) in [4.78, 5) is 11.0. The maximum absolute atomic E-state index is 11.0. The van der Waals surface area contributed by atoms with Crippen molar-refractivity contribution in [2.75, 3.05) is 6.54 Å². The molecule has 0 aliphatic heterocycles. The van der Waals surface area contributed by atoms with Crippen LogP contribution in [-0.2, 0) is 31.2 Å². The molecule has 2 N–H and O–H groups in total. The molecule has 1 heterocycles. The monoisotopic (exact) mass is 281 g/mol. The molecule has 0 saturated carbocycles. The molecular formula is C15H27N3O2. The third kappa shape index (κ3) is 3.82. The minimum atomic E-state index is -0.746. The predicted molar refractivity (Wildman–Crippen MR) is 79.7 cm³/mol. The molecule has 0 unspecified atom stereocenters. The number of aryl methyl sites for hydroxylation is 2. The maximum atomic E-state index is 11.0. The van der Waals surface area contributed by atoms with Crippen LogP contribution in [0.3, 0.4) is 0 Å². The summed E-state index contributed by atoms with van der Waals surface area (Å²) < 4.78 is 1.96. The topological polar surface area (TPSA) is 67.2 Å². The van der Waals surface area contributed by atoms with E-state index in [4.69, 9.17) is 5.11 Å². The molecule has 0 fully saturated rings. The number of carboxylic acid groups (broad SMARTS) is 1.